The van der Waals surface area contributed by atoms with Crippen molar-refractivity contribution in [3.63, 3.8) is 0 Å². The van der Waals surface area contributed by atoms with Crippen molar-refractivity contribution in [1.82, 2.24) is 14.3 Å². The molecule has 1 heterocycles. The topological polar surface area (TPSA) is 96.6 Å². The Kier molecular flexibility index (Phi) is 5.07. The first-order valence-corrected chi connectivity index (χ1v) is 8.14. The summed E-state index contributed by atoms with van der Waals surface area (Å²) in [6, 6.07) is 3.16. The zero-order valence-corrected chi connectivity index (χ0v) is 16.1. The van der Waals surface area contributed by atoms with E-state index < -0.39 is 11.1 Å². The van der Waals surface area contributed by atoms with Crippen LogP contribution in [0.4, 0.5) is 11.4 Å². The molecule has 25 heavy (non-hydrogen) atoms. The largest absolute Gasteiger partial charge is 0.505 e. The molecule has 0 saturated carbocycles. The van der Waals surface area contributed by atoms with Gasteiger partial charge in [-0.15, -0.1) is 0 Å². The maximum absolute atomic E-state index is 12.5. The Balaban J connectivity index is 2.67. The zero-order valence-electron chi connectivity index (χ0n) is 14.5. The highest BCUT2D eigenvalue weighted by molar-refractivity contribution is 9.10. The number of aromatic nitrogens is 2. The van der Waals surface area contributed by atoms with E-state index in [1.807, 2.05) is 0 Å². The number of benzene rings is 1. The van der Waals surface area contributed by atoms with Gasteiger partial charge in [0.2, 0.25) is 0 Å². The average molecular weight is 411 g/mol. The van der Waals surface area contributed by atoms with Crippen molar-refractivity contribution in [1.29, 1.82) is 0 Å². The molecule has 0 fully saturated rings. The van der Waals surface area contributed by atoms with Crippen molar-refractivity contribution in [2.24, 2.45) is 14.1 Å². The van der Waals surface area contributed by atoms with Crippen LogP contribution in [0.2, 0.25) is 0 Å². The first-order chi connectivity index (χ1) is 11.6. The lowest BCUT2D eigenvalue weighted by atomic mass is 10.1. The van der Waals surface area contributed by atoms with Gasteiger partial charge in [0.15, 0.2) is 5.75 Å². The highest BCUT2D eigenvalue weighted by Gasteiger charge is 2.21. The van der Waals surface area contributed by atoms with Gasteiger partial charge in [-0.25, -0.2) is 9.36 Å². The molecule has 0 unspecified atom stereocenters. The van der Waals surface area contributed by atoms with Crippen LogP contribution in [0.5, 0.6) is 5.75 Å². The third kappa shape index (κ3) is 3.19. The fourth-order valence-electron chi connectivity index (χ4n) is 2.27. The molecule has 0 aliphatic rings. The summed E-state index contributed by atoms with van der Waals surface area (Å²) >= 11 is 3.13. The molecule has 0 aliphatic carbocycles. The minimum absolute atomic E-state index is 0.0153. The van der Waals surface area contributed by atoms with Gasteiger partial charge in [-0.2, -0.15) is 0 Å². The number of phenols is 1. The zero-order chi connectivity index (χ0) is 19.0. The van der Waals surface area contributed by atoms with Gasteiger partial charge in [0, 0.05) is 28.2 Å². The molecule has 0 spiro atoms. The Morgan fingerprint density at radius 2 is 1.68 bits per heavy atom. The normalized spacial score (nSPS) is 10.6. The van der Waals surface area contributed by atoms with E-state index in [0.29, 0.717) is 5.56 Å². The number of hydrogen-bond donors (Lipinski definition) is 2. The number of nitrogens with zero attached hydrogens (tertiary/aromatic N) is 3. The van der Waals surface area contributed by atoms with Crippen LogP contribution in [0.15, 0.2) is 26.2 Å². The van der Waals surface area contributed by atoms with Crippen LogP contribution in [0.1, 0.15) is 15.9 Å². The molecule has 1 aromatic carbocycles. The Bertz CT molecular complexity index is 976. The van der Waals surface area contributed by atoms with E-state index in [2.05, 4.69) is 21.2 Å². The van der Waals surface area contributed by atoms with Crippen molar-refractivity contribution in [3.05, 3.63) is 48.4 Å². The number of hydrogen-bond acceptors (Lipinski definition) is 5. The molecule has 0 radical (unpaired) electrons. The molecule has 134 valence electrons. The number of aromatic hydroxyl groups is 1. The molecular weight excluding hydrogens is 392 g/mol. The second-order valence-corrected chi connectivity index (χ2v) is 6.62. The molecule has 1 amide bonds. The summed E-state index contributed by atoms with van der Waals surface area (Å²) in [5, 5.41) is 13.3. The summed E-state index contributed by atoms with van der Waals surface area (Å²) in [5.41, 5.74) is 0.00824. The molecule has 8 nitrogen and oxygen atoms in total. The predicted molar refractivity (Wildman–Crippen MR) is 98.8 cm³/mol. The maximum atomic E-state index is 12.5. The Morgan fingerprint density at radius 3 is 2.24 bits per heavy atom. The summed E-state index contributed by atoms with van der Waals surface area (Å²) in [5.74, 6) is -0.662. The van der Waals surface area contributed by atoms with Crippen molar-refractivity contribution >= 4 is 33.2 Å². The second kappa shape index (κ2) is 6.75. The lowest BCUT2D eigenvalue weighted by Crippen LogP contribution is -2.36. The molecule has 0 aliphatic heterocycles. The van der Waals surface area contributed by atoms with Gasteiger partial charge < -0.3 is 15.3 Å². The molecule has 1 aromatic heterocycles. The fraction of sp³-hybridized carbons (Fsp3) is 0.312. The van der Waals surface area contributed by atoms with E-state index >= 15 is 0 Å². The molecular formula is C16H19BrN4O4. The molecule has 9 heteroatoms. The summed E-state index contributed by atoms with van der Waals surface area (Å²) < 4.78 is 2.36. The minimum atomic E-state index is -0.461. The van der Waals surface area contributed by atoms with Gasteiger partial charge in [0.1, 0.15) is 10.2 Å². The standard InChI is InChI=1S/C16H19BrN4O4/c1-8-6-7-9(14(23)19(2)3)13(22)11(8)18-12-10(17)15(24)20(4)21(5)16(12)25/h6-7,18,22H,1-5H3. The number of carbonyl (C=O) groups is 1. The minimum Gasteiger partial charge on any atom is -0.505 e. The van der Waals surface area contributed by atoms with E-state index in [1.165, 1.54) is 25.1 Å². The van der Waals surface area contributed by atoms with Crippen molar-refractivity contribution in [2.75, 3.05) is 19.4 Å². The van der Waals surface area contributed by atoms with E-state index in [4.69, 9.17) is 0 Å². The first-order valence-electron chi connectivity index (χ1n) is 7.35. The van der Waals surface area contributed by atoms with E-state index in [0.717, 1.165) is 9.36 Å². The van der Waals surface area contributed by atoms with Gasteiger partial charge >= 0.3 is 0 Å². The van der Waals surface area contributed by atoms with Crippen LogP contribution in [0, 0.1) is 6.92 Å². The average Bonchev–Trinajstić information content (AvgIpc) is 2.57. The lowest BCUT2D eigenvalue weighted by molar-refractivity contribution is 0.0824. The summed E-state index contributed by atoms with van der Waals surface area (Å²) in [6.07, 6.45) is 0. The molecule has 0 atom stereocenters. The third-order valence-corrected chi connectivity index (χ3v) is 4.67. The Labute approximate surface area is 152 Å². The predicted octanol–water partition coefficient (Wildman–Crippen LogP) is 1.31. The maximum Gasteiger partial charge on any atom is 0.289 e. The van der Waals surface area contributed by atoms with Gasteiger partial charge in [-0.05, 0) is 34.5 Å². The third-order valence-electron chi connectivity index (χ3n) is 3.93. The Morgan fingerprint density at radius 1 is 1.12 bits per heavy atom. The molecule has 2 rings (SSSR count). The quantitative estimate of drug-likeness (QED) is 0.743. The Hall–Kier alpha value is -2.55. The van der Waals surface area contributed by atoms with Crippen LogP contribution in [-0.4, -0.2) is 39.4 Å². The summed E-state index contributed by atoms with van der Waals surface area (Å²) in [7, 11) is 6.07. The van der Waals surface area contributed by atoms with Crippen LogP contribution in [0.3, 0.4) is 0 Å². The van der Waals surface area contributed by atoms with Crippen LogP contribution < -0.4 is 16.4 Å². The highest BCUT2D eigenvalue weighted by atomic mass is 79.9. The van der Waals surface area contributed by atoms with Crippen LogP contribution in [0.25, 0.3) is 0 Å². The SMILES string of the molecule is Cc1ccc(C(=O)N(C)C)c(O)c1Nc1c(Br)c(=O)n(C)n(C)c1=O. The number of carbonyl (C=O) groups excluding carboxylic acids is 1. The first kappa shape index (κ1) is 18.8. The lowest BCUT2D eigenvalue weighted by Gasteiger charge is -2.18. The van der Waals surface area contributed by atoms with E-state index in [1.54, 1.807) is 27.1 Å². The van der Waals surface area contributed by atoms with Gasteiger partial charge in [0.25, 0.3) is 17.0 Å². The smallest absolute Gasteiger partial charge is 0.289 e. The van der Waals surface area contributed by atoms with E-state index in [9.17, 15) is 19.5 Å². The molecule has 0 bridgehead atoms. The number of anilines is 2. The summed E-state index contributed by atoms with van der Waals surface area (Å²) in [6.45, 7) is 1.71. The van der Waals surface area contributed by atoms with Crippen LogP contribution >= 0.6 is 15.9 Å². The number of nitrogens with one attached hydrogen (secondary N) is 1. The molecule has 2 aromatic rings. The van der Waals surface area contributed by atoms with Crippen molar-refractivity contribution in [2.45, 2.75) is 6.92 Å². The van der Waals surface area contributed by atoms with Gasteiger partial charge in [0.05, 0.1) is 11.3 Å². The van der Waals surface area contributed by atoms with Crippen molar-refractivity contribution in [3.8, 4) is 5.75 Å². The van der Waals surface area contributed by atoms with Crippen LogP contribution in [-0.2, 0) is 14.1 Å². The van der Waals surface area contributed by atoms with E-state index in [-0.39, 0.29) is 33.1 Å². The number of halogens is 1. The number of aryl methyl sites for hydroxylation is 1. The molecule has 2 N–H and O–H groups in total. The number of rotatable bonds is 3. The van der Waals surface area contributed by atoms with Crippen molar-refractivity contribution < 1.29 is 9.90 Å². The highest BCUT2D eigenvalue weighted by Crippen LogP contribution is 2.34. The second-order valence-electron chi connectivity index (χ2n) is 5.82. The van der Waals surface area contributed by atoms with Gasteiger partial charge in [-0.1, -0.05) is 6.07 Å². The number of amides is 1. The number of phenolic OH excluding ortho intramolecular Hbond substituents is 1. The van der Waals surface area contributed by atoms with Gasteiger partial charge in [-0.3, -0.25) is 14.4 Å². The fourth-order valence-corrected chi connectivity index (χ4v) is 2.80. The monoisotopic (exact) mass is 410 g/mol. The molecule has 0 saturated heterocycles. The summed E-state index contributed by atoms with van der Waals surface area (Å²) in [4.78, 5) is 38.2.